The first-order valence-electron chi connectivity index (χ1n) is 6.61. The Kier molecular flexibility index (Phi) is 4.82. The Morgan fingerprint density at radius 1 is 1.38 bits per heavy atom. The van der Waals surface area contributed by atoms with E-state index in [1.807, 2.05) is 0 Å². The second-order valence-corrected chi connectivity index (χ2v) is 4.79. The van der Waals surface area contributed by atoms with E-state index in [0.29, 0.717) is 30.0 Å². The number of rotatable bonds is 5. The lowest BCUT2D eigenvalue weighted by Crippen LogP contribution is -2.32. The highest BCUT2D eigenvalue weighted by Gasteiger charge is 2.16. The third-order valence-corrected chi connectivity index (χ3v) is 3.20. The molecule has 0 aliphatic rings. The number of aryl methyl sites for hydroxylation is 1. The standard InChI is InChI=1S/C15H18FN3O2/c1-10-9-13(15(20)19(18-10)7-8-21-2)14(17)11-3-5-12(16)6-4-11/h3-6,9,14H,7-8,17H2,1-2H3. The van der Waals surface area contributed by atoms with Crippen LogP contribution in [0.3, 0.4) is 0 Å². The molecule has 1 unspecified atom stereocenters. The number of nitrogens with zero attached hydrogens (tertiary/aromatic N) is 2. The maximum absolute atomic E-state index is 13.0. The molecule has 1 aromatic heterocycles. The molecule has 5 nitrogen and oxygen atoms in total. The van der Waals surface area contributed by atoms with Gasteiger partial charge in [0.2, 0.25) is 0 Å². The highest BCUT2D eigenvalue weighted by Crippen LogP contribution is 2.17. The van der Waals surface area contributed by atoms with Crippen LogP contribution in [0.15, 0.2) is 35.1 Å². The number of nitrogens with two attached hydrogens (primary N) is 1. The summed E-state index contributed by atoms with van der Waals surface area (Å²) in [5.74, 6) is -0.339. The zero-order valence-electron chi connectivity index (χ0n) is 12.0. The molecule has 0 saturated carbocycles. The molecule has 1 aromatic carbocycles. The van der Waals surface area contributed by atoms with Gasteiger partial charge in [0.05, 0.1) is 24.9 Å². The van der Waals surface area contributed by atoms with Crippen LogP contribution in [-0.4, -0.2) is 23.5 Å². The van der Waals surface area contributed by atoms with Crippen LogP contribution in [0.5, 0.6) is 0 Å². The molecule has 0 aliphatic heterocycles. The first kappa shape index (κ1) is 15.3. The molecule has 0 bridgehead atoms. The van der Waals surface area contributed by atoms with Crippen LogP contribution in [0.25, 0.3) is 0 Å². The van der Waals surface area contributed by atoms with Gasteiger partial charge < -0.3 is 10.5 Å². The summed E-state index contributed by atoms with van der Waals surface area (Å²) in [5.41, 5.74) is 7.69. The van der Waals surface area contributed by atoms with Crippen molar-refractivity contribution in [1.29, 1.82) is 0 Å². The number of halogens is 1. The van der Waals surface area contributed by atoms with Crippen molar-refractivity contribution in [1.82, 2.24) is 9.78 Å². The maximum Gasteiger partial charge on any atom is 0.271 e. The van der Waals surface area contributed by atoms with Crippen molar-refractivity contribution in [2.45, 2.75) is 19.5 Å². The van der Waals surface area contributed by atoms with Gasteiger partial charge in [-0.05, 0) is 30.7 Å². The molecule has 112 valence electrons. The summed E-state index contributed by atoms with van der Waals surface area (Å²) < 4.78 is 19.3. The van der Waals surface area contributed by atoms with Crippen LogP contribution in [0, 0.1) is 12.7 Å². The Morgan fingerprint density at radius 3 is 2.67 bits per heavy atom. The van der Waals surface area contributed by atoms with Gasteiger partial charge >= 0.3 is 0 Å². The molecule has 1 atom stereocenters. The van der Waals surface area contributed by atoms with E-state index in [1.54, 1.807) is 32.2 Å². The molecule has 0 radical (unpaired) electrons. The van der Waals surface area contributed by atoms with Gasteiger partial charge in [-0.1, -0.05) is 12.1 Å². The number of hydrogen-bond donors (Lipinski definition) is 1. The molecular formula is C15H18FN3O2. The van der Waals surface area contributed by atoms with Crippen molar-refractivity contribution in [3.05, 3.63) is 63.3 Å². The third-order valence-electron chi connectivity index (χ3n) is 3.20. The fourth-order valence-corrected chi connectivity index (χ4v) is 2.10. The van der Waals surface area contributed by atoms with Crippen molar-refractivity contribution in [2.24, 2.45) is 5.73 Å². The summed E-state index contributed by atoms with van der Waals surface area (Å²) >= 11 is 0. The predicted octanol–water partition coefficient (Wildman–Crippen LogP) is 1.39. The Morgan fingerprint density at radius 2 is 2.05 bits per heavy atom. The van der Waals surface area contributed by atoms with Crippen molar-refractivity contribution in [3.8, 4) is 0 Å². The minimum absolute atomic E-state index is 0.255. The maximum atomic E-state index is 13.0. The number of aromatic nitrogens is 2. The molecule has 0 spiro atoms. The van der Waals surface area contributed by atoms with Crippen LogP contribution < -0.4 is 11.3 Å². The van der Waals surface area contributed by atoms with E-state index in [4.69, 9.17) is 10.5 Å². The average Bonchev–Trinajstić information content (AvgIpc) is 2.48. The second kappa shape index (κ2) is 6.60. The quantitative estimate of drug-likeness (QED) is 0.903. The minimum Gasteiger partial charge on any atom is -0.383 e. The highest BCUT2D eigenvalue weighted by molar-refractivity contribution is 5.30. The summed E-state index contributed by atoms with van der Waals surface area (Å²) in [6, 6.07) is 6.86. The van der Waals surface area contributed by atoms with E-state index in [0.717, 1.165) is 0 Å². The Bertz CT molecular complexity index is 668. The molecule has 1 heterocycles. The van der Waals surface area contributed by atoms with Crippen LogP contribution in [0.4, 0.5) is 4.39 Å². The number of hydrogen-bond acceptors (Lipinski definition) is 4. The zero-order valence-corrected chi connectivity index (χ0v) is 12.0. The van der Waals surface area contributed by atoms with Crippen LogP contribution >= 0.6 is 0 Å². The van der Waals surface area contributed by atoms with Gasteiger partial charge in [-0.15, -0.1) is 0 Å². The summed E-state index contributed by atoms with van der Waals surface area (Å²) in [7, 11) is 1.56. The lowest BCUT2D eigenvalue weighted by Gasteiger charge is -2.14. The van der Waals surface area contributed by atoms with Crippen molar-refractivity contribution >= 4 is 0 Å². The Balaban J connectivity index is 2.40. The molecule has 0 fully saturated rings. The molecule has 0 saturated heterocycles. The zero-order chi connectivity index (χ0) is 15.4. The van der Waals surface area contributed by atoms with E-state index in [-0.39, 0.29) is 11.4 Å². The van der Waals surface area contributed by atoms with E-state index < -0.39 is 6.04 Å². The molecule has 21 heavy (non-hydrogen) atoms. The van der Waals surface area contributed by atoms with Crippen LogP contribution in [-0.2, 0) is 11.3 Å². The van der Waals surface area contributed by atoms with Crippen LogP contribution in [0.2, 0.25) is 0 Å². The molecule has 0 amide bonds. The van der Waals surface area contributed by atoms with E-state index in [9.17, 15) is 9.18 Å². The van der Waals surface area contributed by atoms with E-state index >= 15 is 0 Å². The van der Waals surface area contributed by atoms with Gasteiger partial charge in [-0.2, -0.15) is 5.10 Å². The molecule has 0 aliphatic carbocycles. The topological polar surface area (TPSA) is 70.1 Å². The number of ether oxygens (including phenoxy) is 1. The van der Waals surface area contributed by atoms with Gasteiger partial charge in [0.25, 0.3) is 5.56 Å². The molecule has 6 heteroatoms. The Labute approximate surface area is 122 Å². The fraction of sp³-hybridized carbons (Fsp3) is 0.333. The lowest BCUT2D eigenvalue weighted by atomic mass is 10.0. The smallest absolute Gasteiger partial charge is 0.271 e. The largest absolute Gasteiger partial charge is 0.383 e. The molecular weight excluding hydrogens is 273 g/mol. The molecule has 2 rings (SSSR count). The van der Waals surface area contributed by atoms with Crippen molar-refractivity contribution in [2.75, 3.05) is 13.7 Å². The number of methoxy groups -OCH3 is 1. The third kappa shape index (κ3) is 3.53. The monoisotopic (exact) mass is 291 g/mol. The second-order valence-electron chi connectivity index (χ2n) is 4.79. The molecule has 2 aromatic rings. The SMILES string of the molecule is COCCn1nc(C)cc(C(N)c2ccc(F)cc2)c1=O. The van der Waals surface area contributed by atoms with E-state index in [1.165, 1.54) is 16.8 Å². The lowest BCUT2D eigenvalue weighted by molar-refractivity contribution is 0.181. The minimum atomic E-state index is -0.617. The summed E-state index contributed by atoms with van der Waals surface area (Å²) in [5, 5.41) is 4.17. The van der Waals surface area contributed by atoms with Gasteiger partial charge in [-0.25, -0.2) is 9.07 Å². The average molecular weight is 291 g/mol. The first-order valence-corrected chi connectivity index (χ1v) is 6.61. The summed E-state index contributed by atoms with van der Waals surface area (Å²) in [6.07, 6.45) is 0. The van der Waals surface area contributed by atoms with Crippen molar-refractivity contribution in [3.63, 3.8) is 0 Å². The predicted molar refractivity (Wildman–Crippen MR) is 77.5 cm³/mol. The fourth-order valence-electron chi connectivity index (χ4n) is 2.10. The van der Waals surface area contributed by atoms with Gasteiger partial charge in [-0.3, -0.25) is 4.79 Å². The summed E-state index contributed by atoms with van der Waals surface area (Å²) in [6.45, 7) is 2.55. The normalized spacial score (nSPS) is 12.4. The summed E-state index contributed by atoms with van der Waals surface area (Å²) in [4.78, 5) is 12.4. The molecule has 2 N–H and O–H groups in total. The van der Waals surface area contributed by atoms with E-state index in [2.05, 4.69) is 5.10 Å². The Hall–Kier alpha value is -2.05. The first-order chi connectivity index (χ1) is 10.0. The van der Waals surface area contributed by atoms with Gasteiger partial charge in [0.1, 0.15) is 5.82 Å². The van der Waals surface area contributed by atoms with Gasteiger partial charge in [0.15, 0.2) is 0 Å². The highest BCUT2D eigenvalue weighted by atomic mass is 19.1. The number of benzene rings is 1. The van der Waals surface area contributed by atoms with Crippen molar-refractivity contribution < 1.29 is 9.13 Å². The van der Waals surface area contributed by atoms with Crippen LogP contribution in [0.1, 0.15) is 22.9 Å². The van der Waals surface area contributed by atoms with Gasteiger partial charge in [0, 0.05) is 12.7 Å².